The molecule has 4 nitrogen and oxygen atoms in total. The molecular formula is C10H13Cl2N3O. The van der Waals surface area contributed by atoms with Crippen LogP contribution in [0.5, 0.6) is 0 Å². The van der Waals surface area contributed by atoms with Crippen molar-refractivity contribution in [3.05, 3.63) is 22.2 Å². The van der Waals surface area contributed by atoms with E-state index in [1.54, 1.807) is 6.20 Å². The lowest BCUT2D eigenvalue weighted by atomic mass is 10.1. The average molecular weight is 262 g/mol. The van der Waals surface area contributed by atoms with E-state index in [0.29, 0.717) is 11.8 Å². The number of ether oxygens (including phenoxy) is 1. The van der Waals surface area contributed by atoms with Crippen molar-refractivity contribution in [2.24, 2.45) is 0 Å². The highest BCUT2D eigenvalue weighted by molar-refractivity contribution is 6.32. The molecule has 0 bridgehead atoms. The Kier molecular flexibility index (Phi) is 4.35. The van der Waals surface area contributed by atoms with Gasteiger partial charge in [0.1, 0.15) is 5.15 Å². The summed E-state index contributed by atoms with van der Waals surface area (Å²) in [6.07, 6.45) is 4.09. The van der Waals surface area contributed by atoms with Crippen molar-refractivity contribution >= 4 is 23.2 Å². The predicted molar refractivity (Wildman–Crippen MR) is 62.7 cm³/mol. The van der Waals surface area contributed by atoms with Gasteiger partial charge < -0.3 is 10.1 Å². The van der Waals surface area contributed by atoms with E-state index in [2.05, 4.69) is 15.3 Å². The second-order valence-electron chi connectivity index (χ2n) is 3.73. The van der Waals surface area contributed by atoms with Crippen LogP contribution in [0.3, 0.4) is 0 Å². The number of hydrogen-bond acceptors (Lipinski definition) is 4. The molecule has 1 aromatic rings. The van der Waals surface area contributed by atoms with Crippen LogP contribution in [0.4, 0.5) is 0 Å². The molecule has 16 heavy (non-hydrogen) atoms. The van der Waals surface area contributed by atoms with Gasteiger partial charge in [0, 0.05) is 18.3 Å². The van der Waals surface area contributed by atoms with E-state index >= 15 is 0 Å². The van der Waals surface area contributed by atoms with Crippen molar-refractivity contribution in [1.29, 1.82) is 0 Å². The van der Waals surface area contributed by atoms with Crippen LogP contribution < -0.4 is 5.32 Å². The van der Waals surface area contributed by atoms with Crippen LogP contribution in [0.1, 0.15) is 18.4 Å². The van der Waals surface area contributed by atoms with Crippen molar-refractivity contribution in [1.82, 2.24) is 15.3 Å². The van der Waals surface area contributed by atoms with Crippen LogP contribution in [0, 0.1) is 0 Å². The molecule has 1 atom stereocenters. The van der Waals surface area contributed by atoms with Gasteiger partial charge in [-0.2, -0.15) is 0 Å². The third-order valence-corrected chi connectivity index (χ3v) is 3.02. The summed E-state index contributed by atoms with van der Waals surface area (Å²) < 4.78 is 5.72. The molecule has 1 aliphatic heterocycles. The summed E-state index contributed by atoms with van der Waals surface area (Å²) in [5.74, 6) is 0. The minimum absolute atomic E-state index is 0.160. The van der Waals surface area contributed by atoms with Crippen molar-refractivity contribution in [3.63, 3.8) is 0 Å². The Balaban J connectivity index is 1.88. The lowest BCUT2D eigenvalue weighted by Crippen LogP contribution is -2.35. The summed E-state index contributed by atoms with van der Waals surface area (Å²) in [7, 11) is 0. The van der Waals surface area contributed by atoms with Gasteiger partial charge in [-0.3, -0.25) is 0 Å². The maximum atomic E-state index is 5.92. The smallest absolute Gasteiger partial charge is 0.223 e. The molecule has 1 N–H and O–H groups in total. The molecule has 0 unspecified atom stereocenters. The largest absolute Gasteiger partial charge is 0.372 e. The topological polar surface area (TPSA) is 47.0 Å². The molecule has 0 spiro atoms. The third kappa shape index (κ3) is 3.28. The molecule has 1 aliphatic rings. The summed E-state index contributed by atoms with van der Waals surface area (Å²) in [6.45, 7) is 2.40. The first-order chi connectivity index (χ1) is 7.75. The first kappa shape index (κ1) is 12.0. The third-order valence-electron chi connectivity index (χ3n) is 2.51. The molecule has 0 radical (unpaired) electrons. The van der Waals surface area contributed by atoms with Crippen molar-refractivity contribution < 1.29 is 4.74 Å². The average Bonchev–Trinajstić information content (AvgIpc) is 2.29. The Morgan fingerprint density at radius 3 is 3.06 bits per heavy atom. The molecule has 1 fully saturated rings. The zero-order valence-corrected chi connectivity index (χ0v) is 10.3. The number of rotatable bonds is 3. The zero-order valence-electron chi connectivity index (χ0n) is 8.75. The zero-order chi connectivity index (χ0) is 11.4. The highest BCUT2D eigenvalue weighted by Crippen LogP contribution is 2.17. The second-order valence-corrected chi connectivity index (χ2v) is 4.43. The molecule has 2 heterocycles. The predicted octanol–water partition coefficient (Wildman–Crippen LogP) is 2.05. The molecule has 2 rings (SSSR count). The highest BCUT2D eigenvalue weighted by atomic mass is 35.5. The van der Waals surface area contributed by atoms with Gasteiger partial charge in [0.2, 0.25) is 5.28 Å². The van der Waals surface area contributed by atoms with Gasteiger partial charge in [-0.25, -0.2) is 9.97 Å². The van der Waals surface area contributed by atoms with E-state index in [9.17, 15) is 0 Å². The maximum absolute atomic E-state index is 5.92. The van der Waals surface area contributed by atoms with Gasteiger partial charge in [0.05, 0.1) is 12.7 Å². The maximum Gasteiger partial charge on any atom is 0.223 e. The van der Waals surface area contributed by atoms with Gasteiger partial charge in [-0.05, 0) is 31.0 Å². The Labute approximate surface area is 104 Å². The van der Waals surface area contributed by atoms with Crippen LogP contribution in [0.2, 0.25) is 10.4 Å². The summed E-state index contributed by atoms with van der Waals surface area (Å²) in [6, 6.07) is 0. The van der Waals surface area contributed by atoms with Crippen LogP contribution in [0.15, 0.2) is 6.20 Å². The van der Waals surface area contributed by atoms with Gasteiger partial charge in [-0.15, -0.1) is 0 Å². The first-order valence-corrected chi connectivity index (χ1v) is 6.00. The van der Waals surface area contributed by atoms with E-state index in [1.807, 2.05) is 0 Å². The van der Waals surface area contributed by atoms with E-state index in [-0.39, 0.29) is 11.4 Å². The van der Waals surface area contributed by atoms with Gasteiger partial charge in [0.15, 0.2) is 0 Å². The van der Waals surface area contributed by atoms with Gasteiger partial charge in [-0.1, -0.05) is 11.6 Å². The molecule has 1 saturated heterocycles. The minimum atomic E-state index is 0.160. The number of aromatic nitrogens is 2. The molecule has 0 aromatic carbocycles. The van der Waals surface area contributed by atoms with Gasteiger partial charge >= 0.3 is 0 Å². The first-order valence-electron chi connectivity index (χ1n) is 5.25. The Hall–Kier alpha value is -0.420. The second kappa shape index (κ2) is 5.77. The Morgan fingerprint density at radius 1 is 1.50 bits per heavy atom. The fourth-order valence-corrected chi connectivity index (χ4v) is 1.99. The molecule has 0 amide bonds. The van der Waals surface area contributed by atoms with Crippen LogP contribution in [-0.4, -0.2) is 29.2 Å². The Morgan fingerprint density at radius 2 is 2.38 bits per heavy atom. The highest BCUT2D eigenvalue weighted by Gasteiger charge is 2.14. The van der Waals surface area contributed by atoms with Crippen molar-refractivity contribution in [3.8, 4) is 0 Å². The molecular weight excluding hydrogens is 249 g/mol. The summed E-state index contributed by atoms with van der Waals surface area (Å²) >= 11 is 11.5. The van der Waals surface area contributed by atoms with E-state index < -0.39 is 0 Å². The lowest BCUT2D eigenvalue weighted by Gasteiger charge is -2.23. The monoisotopic (exact) mass is 261 g/mol. The summed E-state index contributed by atoms with van der Waals surface area (Å²) in [5, 5.41) is 3.81. The molecule has 0 aliphatic carbocycles. The minimum Gasteiger partial charge on any atom is -0.372 e. The fourth-order valence-electron chi connectivity index (χ4n) is 1.63. The van der Waals surface area contributed by atoms with E-state index in [1.165, 1.54) is 0 Å². The molecule has 88 valence electrons. The van der Waals surface area contributed by atoms with E-state index in [0.717, 1.165) is 31.5 Å². The number of halogens is 2. The van der Waals surface area contributed by atoms with Crippen LogP contribution >= 0.6 is 23.2 Å². The number of hydrogen-bond donors (Lipinski definition) is 1. The molecule has 1 aromatic heterocycles. The number of nitrogens with one attached hydrogen (secondary N) is 1. The Bertz CT molecular complexity index is 356. The normalized spacial score (nSPS) is 21.0. The lowest BCUT2D eigenvalue weighted by molar-refractivity contribution is 0.0251. The molecule has 0 saturated carbocycles. The SMILES string of the molecule is Clc1ncc(CO[C@@H]2CCCNC2)c(Cl)n1. The van der Waals surface area contributed by atoms with Crippen molar-refractivity contribution in [2.45, 2.75) is 25.6 Å². The van der Waals surface area contributed by atoms with Crippen LogP contribution in [0.25, 0.3) is 0 Å². The van der Waals surface area contributed by atoms with E-state index in [4.69, 9.17) is 27.9 Å². The number of piperidine rings is 1. The quantitative estimate of drug-likeness (QED) is 0.669. The number of nitrogens with zero attached hydrogens (tertiary/aromatic N) is 2. The fraction of sp³-hybridized carbons (Fsp3) is 0.600. The van der Waals surface area contributed by atoms with Crippen molar-refractivity contribution in [2.75, 3.05) is 13.1 Å². The molecule has 6 heteroatoms. The van der Waals surface area contributed by atoms with Crippen LogP contribution in [-0.2, 0) is 11.3 Å². The van der Waals surface area contributed by atoms with Gasteiger partial charge in [0.25, 0.3) is 0 Å². The standard InChI is InChI=1S/C10H13Cl2N3O/c11-9-7(4-14-10(12)15-9)6-16-8-2-1-3-13-5-8/h4,8,13H,1-3,5-6H2/t8-/m1/s1. The summed E-state index contributed by atoms with van der Waals surface area (Å²) in [5.41, 5.74) is 0.775. The summed E-state index contributed by atoms with van der Waals surface area (Å²) in [4.78, 5) is 7.74.